The van der Waals surface area contributed by atoms with Crippen molar-refractivity contribution >= 4 is 21.9 Å². The molecule has 1 aliphatic rings. The van der Waals surface area contributed by atoms with Crippen LogP contribution in [-0.4, -0.2) is 23.5 Å². The van der Waals surface area contributed by atoms with Gasteiger partial charge in [0.2, 0.25) is 0 Å². The minimum Gasteiger partial charge on any atom is -0.461 e. The number of carbonyl (C=O) groups excluding carboxylic acids is 1. The van der Waals surface area contributed by atoms with Gasteiger partial charge in [-0.1, -0.05) is 60.1 Å². The number of rotatable bonds is 6. The summed E-state index contributed by atoms with van der Waals surface area (Å²) in [5.41, 5.74) is 1.15. The number of benzene rings is 1. The topological polar surface area (TPSA) is 35.5 Å². The second-order valence-electron chi connectivity index (χ2n) is 5.58. The lowest BCUT2D eigenvalue weighted by Gasteiger charge is -2.16. The van der Waals surface area contributed by atoms with Crippen LogP contribution in [0.2, 0.25) is 0 Å². The van der Waals surface area contributed by atoms with Crippen LogP contribution in [0.3, 0.4) is 0 Å². The van der Waals surface area contributed by atoms with Gasteiger partial charge in [-0.25, -0.2) is 0 Å². The summed E-state index contributed by atoms with van der Waals surface area (Å²) >= 11 is 3.58. The lowest BCUT2D eigenvalue weighted by Crippen LogP contribution is -2.25. The normalized spacial score (nSPS) is 23.9. The molecule has 1 heterocycles. The van der Waals surface area contributed by atoms with Gasteiger partial charge in [-0.15, -0.1) is 0 Å². The first-order chi connectivity index (χ1) is 9.58. The maximum atomic E-state index is 11.7. The molecule has 1 aliphatic heterocycles. The molecule has 0 radical (unpaired) electrons. The van der Waals surface area contributed by atoms with Gasteiger partial charge < -0.3 is 9.47 Å². The largest absolute Gasteiger partial charge is 0.461 e. The minimum atomic E-state index is -0.0781. The van der Waals surface area contributed by atoms with Crippen LogP contribution in [0.25, 0.3) is 0 Å². The zero-order valence-electron chi connectivity index (χ0n) is 11.9. The van der Waals surface area contributed by atoms with Crippen molar-refractivity contribution in [2.75, 3.05) is 6.61 Å². The van der Waals surface area contributed by atoms with Gasteiger partial charge in [-0.05, 0) is 17.9 Å². The molecule has 0 bridgehead atoms. The fourth-order valence-electron chi connectivity index (χ4n) is 2.37. The lowest BCUT2D eigenvalue weighted by atomic mass is 9.92. The highest BCUT2D eigenvalue weighted by atomic mass is 79.9. The van der Waals surface area contributed by atoms with E-state index in [2.05, 4.69) is 29.8 Å². The first-order valence-corrected chi connectivity index (χ1v) is 7.95. The summed E-state index contributed by atoms with van der Waals surface area (Å²) in [6.45, 7) is 5.24. The van der Waals surface area contributed by atoms with Crippen LogP contribution >= 0.6 is 15.9 Å². The van der Waals surface area contributed by atoms with E-state index in [1.165, 1.54) is 0 Å². The van der Waals surface area contributed by atoms with Crippen LogP contribution in [-0.2, 0) is 20.9 Å². The second kappa shape index (κ2) is 7.23. The summed E-state index contributed by atoms with van der Waals surface area (Å²) < 4.78 is 11.1. The molecule has 3 atom stereocenters. The van der Waals surface area contributed by atoms with E-state index in [9.17, 15) is 4.79 Å². The van der Waals surface area contributed by atoms with Crippen molar-refractivity contribution in [3.63, 3.8) is 0 Å². The Bertz CT molecular complexity index is 433. The molecule has 20 heavy (non-hydrogen) atoms. The molecule has 0 N–H and O–H groups in total. The third kappa shape index (κ3) is 4.06. The van der Waals surface area contributed by atoms with E-state index in [1.54, 1.807) is 0 Å². The third-order valence-electron chi connectivity index (χ3n) is 3.65. The molecular formula is C16H21BrO3. The maximum absolute atomic E-state index is 11.7. The average Bonchev–Trinajstić information content (AvgIpc) is 2.82. The molecule has 110 valence electrons. The van der Waals surface area contributed by atoms with Gasteiger partial charge >= 0.3 is 5.97 Å². The number of esters is 1. The summed E-state index contributed by atoms with van der Waals surface area (Å²) in [6.07, 6.45) is 0.701. The second-order valence-corrected chi connectivity index (χ2v) is 6.75. The summed E-state index contributed by atoms with van der Waals surface area (Å²) in [6, 6.07) is 10.1. The third-order valence-corrected chi connectivity index (χ3v) is 4.51. The first kappa shape index (κ1) is 15.5. The number of carbonyl (C=O) groups is 1. The van der Waals surface area contributed by atoms with E-state index in [0.29, 0.717) is 19.1 Å². The SMILES string of the molecule is CC(C)[C@@H]1C[C@@H]([C@H](Br)COCc2ccccc2)OC1=O. The number of hydrogen-bond acceptors (Lipinski definition) is 3. The lowest BCUT2D eigenvalue weighted by molar-refractivity contribution is -0.145. The number of ether oxygens (including phenoxy) is 2. The zero-order valence-corrected chi connectivity index (χ0v) is 13.5. The summed E-state index contributed by atoms with van der Waals surface area (Å²) in [5.74, 6) is 0.282. The van der Waals surface area contributed by atoms with Crippen molar-refractivity contribution in [2.45, 2.75) is 37.8 Å². The highest BCUT2D eigenvalue weighted by molar-refractivity contribution is 9.09. The van der Waals surface area contributed by atoms with Crippen molar-refractivity contribution in [1.29, 1.82) is 0 Å². The van der Waals surface area contributed by atoms with Gasteiger partial charge in [-0.3, -0.25) is 4.79 Å². The Morgan fingerprint density at radius 3 is 2.65 bits per heavy atom. The van der Waals surface area contributed by atoms with Gasteiger partial charge in [0.25, 0.3) is 0 Å². The van der Waals surface area contributed by atoms with Gasteiger partial charge in [0, 0.05) is 0 Å². The molecule has 1 fully saturated rings. The van der Waals surface area contributed by atoms with E-state index >= 15 is 0 Å². The molecule has 1 saturated heterocycles. The number of alkyl halides is 1. The predicted molar refractivity (Wildman–Crippen MR) is 81.6 cm³/mol. The standard InChI is InChI=1S/C16H21BrO3/c1-11(2)13-8-15(20-16(13)18)14(17)10-19-9-12-6-4-3-5-7-12/h3-7,11,13-15H,8-10H2,1-2H3/t13-,14+,15-/m0/s1. The molecule has 4 heteroatoms. The van der Waals surface area contributed by atoms with Crippen LogP contribution in [0.4, 0.5) is 0 Å². The van der Waals surface area contributed by atoms with Crippen LogP contribution in [0, 0.1) is 11.8 Å². The van der Waals surface area contributed by atoms with Crippen molar-refractivity contribution in [2.24, 2.45) is 11.8 Å². The predicted octanol–water partition coefficient (Wildman–Crippen LogP) is 3.55. The maximum Gasteiger partial charge on any atom is 0.309 e. The Labute approximate surface area is 128 Å². The van der Waals surface area contributed by atoms with Crippen LogP contribution < -0.4 is 0 Å². The Hall–Kier alpha value is -0.870. The summed E-state index contributed by atoms with van der Waals surface area (Å²) in [7, 11) is 0. The number of hydrogen-bond donors (Lipinski definition) is 0. The number of halogens is 1. The molecule has 0 unspecified atom stereocenters. The molecule has 2 rings (SSSR count). The van der Waals surface area contributed by atoms with Crippen LogP contribution in [0.15, 0.2) is 30.3 Å². The Balaban J connectivity index is 1.76. The highest BCUT2D eigenvalue weighted by Gasteiger charge is 2.39. The highest BCUT2D eigenvalue weighted by Crippen LogP contribution is 2.31. The molecule has 0 saturated carbocycles. The van der Waals surface area contributed by atoms with E-state index in [4.69, 9.17) is 9.47 Å². The molecule has 0 aromatic heterocycles. The molecule has 3 nitrogen and oxygen atoms in total. The van der Waals surface area contributed by atoms with Gasteiger partial charge in [0.05, 0.1) is 24.0 Å². The van der Waals surface area contributed by atoms with Crippen LogP contribution in [0.5, 0.6) is 0 Å². The van der Waals surface area contributed by atoms with Crippen molar-refractivity contribution in [3.05, 3.63) is 35.9 Å². The van der Waals surface area contributed by atoms with E-state index < -0.39 is 0 Å². The molecule has 1 aromatic carbocycles. The molecular weight excluding hydrogens is 320 g/mol. The summed E-state index contributed by atoms with van der Waals surface area (Å²) in [4.78, 5) is 11.8. The fourth-order valence-corrected chi connectivity index (χ4v) is 2.88. The average molecular weight is 341 g/mol. The Kier molecular flexibility index (Phi) is 5.61. The molecule has 0 amide bonds. The van der Waals surface area contributed by atoms with Crippen molar-refractivity contribution < 1.29 is 14.3 Å². The van der Waals surface area contributed by atoms with E-state index in [0.717, 1.165) is 12.0 Å². The van der Waals surface area contributed by atoms with Crippen LogP contribution in [0.1, 0.15) is 25.8 Å². The Morgan fingerprint density at radius 1 is 1.35 bits per heavy atom. The van der Waals surface area contributed by atoms with E-state index in [1.807, 2.05) is 30.3 Å². The van der Waals surface area contributed by atoms with Gasteiger partial charge in [-0.2, -0.15) is 0 Å². The number of cyclic esters (lactones) is 1. The zero-order chi connectivity index (χ0) is 14.5. The molecule has 1 aromatic rings. The smallest absolute Gasteiger partial charge is 0.309 e. The van der Waals surface area contributed by atoms with Crippen molar-refractivity contribution in [3.8, 4) is 0 Å². The van der Waals surface area contributed by atoms with Gasteiger partial charge in [0.15, 0.2) is 0 Å². The molecule has 0 spiro atoms. The summed E-state index contributed by atoms with van der Waals surface area (Å²) in [5, 5.41) is 0. The quantitative estimate of drug-likeness (QED) is 0.586. The van der Waals surface area contributed by atoms with E-state index in [-0.39, 0.29) is 22.8 Å². The first-order valence-electron chi connectivity index (χ1n) is 7.04. The Morgan fingerprint density at radius 2 is 2.05 bits per heavy atom. The van der Waals surface area contributed by atoms with Gasteiger partial charge in [0.1, 0.15) is 6.10 Å². The fraction of sp³-hybridized carbons (Fsp3) is 0.562. The monoisotopic (exact) mass is 340 g/mol. The molecule has 0 aliphatic carbocycles. The minimum absolute atomic E-state index is 0.0224. The van der Waals surface area contributed by atoms with Crippen molar-refractivity contribution in [1.82, 2.24) is 0 Å².